The minimum atomic E-state index is -0.167. The average molecular weight is 619 g/mol. The number of fused-ring (bicyclic) bond motifs is 1. The SMILES string of the molecule is CC.CC.CC/C=C\C=C(/C)C1/C(=N/NC)C2=CC(C=O)CC=C/C=C\2NC1Cc1ccc(CCN(C)C)cc1.CCC(C)C. The number of rotatable bonds is 11. The Labute approximate surface area is 277 Å². The van der Waals surface area contributed by atoms with Crippen LogP contribution in [0.3, 0.4) is 0 Å². The zero-order valence-corrected chi connectivity index (χ0v) is 30.8. The molecule has 1 fully saturated rings. The molecule has 2 N–H and O–H groups in total. The number of hydrogen-bond donors (Lipinski definition) is 2. The summed E-state index contributed by atoms with van der Waals surface area (Å²) in [5.41, 5.74) is 9.96. The molecule has 0 bridgehead atoms. The van der Waals surface area contributed by atoms with Crippen LogP contribution in [0.1, 0.15) is 92.7 Å². The van der Waals surface area contributed by atoms with Gasteiger partial charge in [-0.3, -0.25) is 0 Å². The maximum absolute atomic E-state index is 11.8. The van der Waals surface area contributed by atoms with Crippen molar-refractivity contribution in [2.24, 2.45) is 22.9 Å². The van der Waals surface area contributed by atoms with E-state index in [2.05, 4.69) is 125 Å². The van der Waals surface area contributed by atoms with Gasteiger partial charge in [0.2, 0.25) is 0 Å². The normalized spacial score (nSPS) is 21.3. The molecule has 0 radical (unpaired) electrons. The number of likely N-dealkylation sites (N-methyl/N-ethyl adjacent to an activating group) is 1. The fourth-order valence-corrected chi connectivity index (χ4v) is 4.81. The topological polar surface area (TPSA) is 56.7 Å². The predicted molar refractivity (Wildman–Crippen MR) is 200 cm³/mol. The van der Waals surface area contributed by atoms with Crippen molar-refractivity contribution < 1.29 is 4.79 Å². The van der Waals surface area contributed by atoms with Crippen molar-refractivity contribution in [3.05, 3.63) is 94.8 Å². The third-order valence-corrected chi connectivity index (χ3v) is 7.56. The van der Waals surface area contributed by atoms with Crippen molar-refractivity contribution in [3.63, 3.8) is 0 Å². The largest absolute Gasteiger partial charge is 0.380 e. The van der Waals surface area contributed by atoms with Crippen molar-refractivity contribution >= 4 is 12.0 Å². The van der Waals surface area contributed by atoms with Gasteiger partial charge >= 0.3 is 0 Å². The number of nitrogens with zero attached hydrogens (tertiary/aromatic N) is 2. The lowest BCUT2D eigenvalue weighted by Crippen LogP contribution is -2.49. The fraction of sp³-hybridized carbons (Fsp3) is 0.550. The van der Waals surface area contributed by atoms with Gasteiger partial charge in [0, 0.05) is 42.7 Å². The number of carbonyl (C=O) groups is 1. The van der Waals surface area contributed by atoms with Gasteiger partial charge in [0.05, 0.1) is 5.71 Å². The van der Waals surface area contributed by atoms with Crippen molar-refractivity contribution in [3.8, 4) is 0 Å². The van der Waals surface area contributed by atoms with Crippen LogP contribution in [-0.4, -0.2) is 50.6 Å². The number of benzene rings is 1. The number of hydrazone groups is 1. The van der Waals surface area contributed by atoms with Crippen LogP contribution in [0.25, 0.3) is 0 Å². The molecule has 0 saturated carbocycles. The molecule has 252 valence electrons. The molecule has 0 aromatic heterocycles. The number of piperidine rings is 1. The zero-order valence-electron chi connectivity index (χ0n) is 30.8. The molecule has 5 nitrogen and oxygen atoms in total. The molecular weight excluding hydrogens is 552 g/mol. The Morgan fingerprint density at radius 2 is 1.71 bits per heavy atom. The first kappa shape index (κ1) is 41.8. The van der Waals surface area contributed by atoms with Crippen LogP contribution < -0.4 is 10.7 Å². The summed E-state index contributed by atoms with van der Waals surface area (Å²) in [6.07, 6.45) is 20.8. The van der Waals surface area contributed by atoms with Gasteiger partial charge in [0.25, 0.3) is 0 Å². The van der Waals surface area contributed by atoms with E-state index in [4.69, 9.17) is 5.10 Å². The van der Waals surface area contributed by atoms with Gasteiger partial charge in [-0.25, -0.2) is 0 Å². The lowest BCUT2D eigenvalue weighted by atomic mass is 9.76. The van der Waals surface area contributed by atoms with E-state index in [1.165, 1.54) is 23.1 Å². The second-order valence-corrected chi connectivity index (χ2v) is 11.7. The van der Waals surface area contributed by atoms with Crippen molar-refractivity contribution in [1.82, 2.24) is 15.6 Å². The molecule has 1 aromatic rings. The highest BCUT2D eigenvalue weighted by atomic mass is 16.1. The van der Waals surface area contributed by atoms with Crippen molar-refractivity contribution in [1.29, 1.82) is 0 Å². The predicted octanol–water partition coefficient (Wildman–Crippen LogP) is 9.10. The van der Waals surface area contributed by atoms with E-state index in [9.17, 15) is 4.79 Å². The van der Waals surface area contributed by atoms with Crippen molar-refractivity contribution in [2.75, 3.05) is 27.7 Å². The molecule has 3 atom stereocenters. The summed E-state index contributed by atoms with van der Waals surface area (Å²) < 4.78 is 0. The lowest BCUT2D eigenvalue weighted by molar-refractivity contribution is -0.109. The Morgan fingerprint density at radius 3 is 2.24 bits per heavy atom. The number of nitrogens with one attached hydrogen (secondary N) is 2. The van der Waals surface area contributed by atoms with Gasteiger partial charge in [-0.1, -0.05) is 128 Å². The molecule has 0 spiro atoms. The molecule has 2 aliphatic rings. The van der Waals surface area contributed by atoms with Gasteiger partial charge < -0.3 is 20.4 Å². The van der Waals surface area contributed by atoms with Crippen LogP contribution in [0.15, 0.2) is 88.7 Å². The Balaban J connectivity index is 0.00000192. The fourth-order valence-electron chi connectivity index (χ4n) is 4.81. The molecule has 1 aliphatic carbocycles. The summed E-state index contributed by atoms with van der Waals surface area (Å²) in [6.45, 7) is 20.0. The highest BCUT2D eigenvalue weighted by Crippen LogP contribution is 2.33. The Hall–Kier alpha value is -3.18. The maximum atomic E-state index is 11.8. The molecule has 1 aliphatic heterocycles. The highest BCUT2D eigenvalue weighted by molar-refractivity contribution is 6.08. The van der Waals surface area contributed by atoms with E-state index in [0.29, 0.717) is 6.42 Å². The van der Waals surface area contributed by atoms with Gasteiger partial charge in [-0.05, 0) is 69.8 Å². The first-order chi connectivity index (χ1) is 21.7. The summed E-state index contributed by atoms with van der Waals surface area (Å²) in [5.74, 6) is 0.779. The quantitative estimate of drug-likeness (QED) is 0.148. The number of hydrogen-bond acceptors (Lipinski definition) is 5. The summed E-state index contributed by atoms with van der Waals surface area (Å²) >= 11 is 0. The maximum Gasteiger partial charge on any atom is 0.127 e. The number of allylic oxidation sites excluding steroid dienone is 8. The van der Waals surface area contributed by atoms with Gasteiger partial charge in [0.15, 0.2) is 0 Å². The summed E-state index contributed by atoms with van der Waals surface area (Å²) in [5, 5.41) is 8.62. The lowest BCUT2D eigenvalue weighted by Gasteiger charge is -2.39. The van der Waals surface area contributed by atoms with E-state index in [0.717, 1.165) is 55.0 Å². The Kier molecular flexibility index (Phi) is 23.3. The van der Waals surface area contributed by atoms with E-state index in [1.54, 1.807) is 0 Å². The minimum Gasteiger partial charge on any atom is -0.380 e. The van der Waals surface area contributed by atoms with Crippen LogP contribution in [0.5, 0.6) is 0 Å². The second-order valence-electron chi connectivity index (χ2n) is 11.7. The number of aldehydes is 1. The summed E-state index contributed by atoms with van der Waals surface area (Å²) in [4.78, 5) is 14.0. The van der Waals surface area contributed by atoms with E-state index in [-0.39, 0.29) is 17.9 Å². The monoisotopic (exact) mass is 619 g/mol. The molecule has 0 amide bonds. The van der Waals surface area contributed by atoms with Gasteiger partial charge in [0.1, 0.15) is 6.29 Å². The standard InChI is InChI=1S/C31H42N4O.C5H12.2C2H6/c1-6-7-8-11-23(2)30-29(21-25-16-14-24(15-17-25)18-19-35(4)5)33-28-13-10-9-12-26(22-36)20-27(28)31(30)34-32-3;1-4-5(2)3;2*1-2/h7-11,13-17,20,22,26,29-30,32-33H,6,12,18-19,21H2,1-5H3;5H,4H2,1-3H3;2*1-2H3/b8-7-,10-9?,23-11+,27-20?,28-13+,34-31+;;;. The number of carbonyl (C=O) groups excluding carboxylic acids is 1. The molecule has 1 saturated heterocycles. The molecule has 5 heteroatoms. The summed E-state index contributed by atoms with van der Waals surface area (Å²) in [7, 11) is 6.06. The van der Waals surface area contributed by atoms with Crippen LogP contribution in [0, 0.1) is 17.8 Å². The first-order valence-corrected chi connectivity index (χ1v) is 17.3. The van der Waals surface area contributed by atoms with Crippen LogP contribution >= 0.6 is 0 Å². The molecule has 1 aromatic carbocycles. The van der Waals surface area contributed by atoms with Gasteiger partial charge in [-0.15, -0.1) is 0 Å². The Morgan fingerprint density at radius 1 is 1.09 bits per heavy atom. The Bertz CT molecular complexity index is 1120. The third kappa shape index (κ3) is 15.6. The summed E-state index contributed by atoms with van der Waals surface area (Å²) in [6, 6.07) is 9.15. The smallest absolute Gasteiger partial charge is 0.127 e. The molecular formula is C40H66N4O. The van der Waals surface area contributed by atoms with Crippen molar-refractivity contribution in [2.45, 2.75) is 100 Å². The minimum absolute atomic E-state index is 0.0616. The van der Waals surface area contributed by atoms with E-state index in [1.807, 2.05) is 40.8 Å². The average Bonchev–Trinajstić information content (AvgIpc) is 3.04. The first-order valence-electron chi connectivity index (χ1n) is 17.3. The van der Waals surface area contributed by atoms with Gasteiger partial charge in [-0.2, -0.15) is 5.10 Å². The molecule has 1 heterocycles. The van der Waals surface area contributed by atoms with Crippen LogP contribution in [-0.2, 0) is 17.6 Å². The molecule has 45 heavy (non-hydrogen) atoms. The van der Waals surface area contributed by atoms with Crippen LogP contribution in [0.2, 0.25) is 0 Å². The zero-order chi connectivity index (χ0) is 34.2. The van der Waals surface area contributed by atoms with E-state index >= 15 is 0 Å². The van der Waals surface area contributed by atoms with E-state index < -0.39 is 0 Å². The molecule has 3 unspecified atom stereocenters. The second kappa shape index (κ2) is 25.1. The molecule has 3 rings (SSSR count). The highest BCUT2D eigenvalue weighted by Gasteiger charge is 2.37. The third-order valence-electron chi connectivity index (χ3n) is 7.56. The van der Waals surface area contributed by atoms with Crippen LogP contribution in [0.4, 0.5) is 0 Å².